The van der Waals surface area contributed by atoms with E-state index in [1.54, 1.807) is 11.3 Å². The van der Waals surface area contributed by atoms with Crippen LogP contribution in [-0.2, 0) is 17.6 Å². The summed E-state index contributed by atoms with van der Waals surface area (Å²) < 4.78 is 5.79. The number of benzene rings is 1. The van der Waals surface area contributed by atoms with Gasteiger partial charge in [0.2, 0.25) is 0 Å². The highest BCUT2D eigenvalue weighted by atomic mass is 32.1. The van der Waals surface area contributed by atoms with E-state index >= 15 is 0 Å². The van der Waals surface area contributed by atoms with Crippen molar-refractivity contribution in [3.8, 4) is 5.75 Å². The summed E-state index contributed by atoms with van der Waals surface area (Å²) in [6, 6.07) is 8.27. The molecule has 3 nitrogen and oxygen atoms in total. The Morgan fingerprint density at radius 1 is 1.10 bits per heavy atom. The van der Waals surface area contributed by atoms with Crippen LogP contribution in [0.5, 0.6) is 5.75 Å². The van der Waals surface area contributed by atoms with Crippen molar-refractivity contribution in [3.63, 3.8) is 0 Å². The molecule has 21 heavy (non-hydrogen) atoms. The third kappa shape index (κ3) is 4.29. The van der Waals surface area contributed by atoms with Gasteiger partial charge in [-0.15, -0.1) is 11.3 Å². The van der Waals surface area contributed by atoms with Gasteiger partial charge in [-0.05, 0) is 37.0 Å². The van der Waals surface area contributed by atoms with Crippen molar-refractivity contribution in [1.82, 2.24) is 4.98 Å². The first-order valence-electron chi connectivity index (χ1n) is 7.14. The molecule has 114 valence electrons. The summed E-state index contributed by atoms with van der Waals surface area (Å²) in [6.45, 7) is 11.1. The van der Waals surface area contributed by atoms with E-state index in [0.717, 1.165) is 15.6 Å². The van der Waals surface area contributed by atoms with Crippen LogP contribution in [-0.4, -0.2) is 4.98 Å². The first kappa shape index (κ1) is 16.0. The lowest BCUT2D eigenvalue weighted by Gasteiger charge is -2.19. The van der Waals surface area contributed by atoms with Gasteiger partial charge in [0.15, 0.2) is 0 Å². The molecule has 0 aliphatic heterocycles. The van der Waals surface area contributed by atoms with E-state index in [1.165, 1.54) is 5.56 Å². The van der Waals surface area contributed by atoms with Gasteiger partial charge in [0.1, 0.15) is 17.4 Å². The van der Waals surface area contributed by atoms with Crippen LogP contribution >= 0.6 is 11.3 Å². The van der Waals surface area contributed by atoms with Crippen LogP contribution in [0, 0.1) is 0 Å². The maximum Gasteiger partial charge on any atom is 0.140 e. The van der Waals surface area contributed by atoms with E-state index in [-0.39, 0.29) is 11.0 Å². The van der Waals surface area contributed by atoms with Crippen molar-refractivity contribution in [2.45, 2.75) is 52.2 Å². The van der Waals surface area contributed by atoms with E-state index in [1.807, 2.05) is 32.2 Å². The van der Waals surface area contributed by atoms with E-state index in [0.29, 0.717) is 6.61 Å². The average molecular weight is 304 g/mol. The van der Waals surface area contributed by atoms with Gasteiger partial charge in [0.05, 0.1) is 0 Å². The van der Waals surface area contributed by atoms with Gasteiger partial charge < -0.3 is 10.5 Å². The molecule has 2 aromatic rings. The maximum absolute atomic E-state index is 6.06. The molecule has 0 atom stereocenters. The monoisotopic (exact) mass is 304 g/mol. The summed E-state index contributed by atoms with van der Waals surface area (Å²) >= 11 is 1.61. The lowest BCUT2D eigenvalue weighted by Crippen LogP contribution is -2.27. The molecule has 1 aromatic carbocycles. The molecule has 0 spiro atoms. The fraction of sp³-hybridized carbons (Fsp3) is 0.471. The molecule has 1 aromatic heterocycles. The average Bonchev–Trinajstić information content (AvgIpc) is 2.84. The third-order valence-electron chi connectivity index (χ3n) is 3.27. The number of rotatable bonds is 4. The van der Waals surface area contributed by atoms with Gasteiger partial charge in [-0.2, -0.15) is 0 Å². The molecule has 0 bridgehead atoms. The summed E-state index contributed by atoms with van der Waals surface area (Å²) in [5.41, 5.74) is 7.19. The van der Waals surface area contributed by atoms with Crippen LogP contribution in [0.1, 0.15) is 50.1 Å². The fourth-order valence-corrected chi connectivity index (χ4v) is 2.72. The number of nitrogens with two attached hydrogens (primary N) is 1. The zero-order chi connectivity index (χ0) is 15.7. The standard InChI is InChI=1S/C17H24N2OS/c1-16(2,3)12-6-8-13(9-7-12)20-11-15-19-10-14(21-15)17(4,5)18/h6-10H,11,18H2,1-5H3. The molecule has 0 saturated heterocycles. The van der Waals surface area contributed by atoms with Crippen molar-refractivity contribution >= 4 is 11.3 Å². The van der Waals surface area contributed by atoms with E-state index < -0.39 is 0 Å². The van der Waals surface area contributed by atoms with Crippen LogP contribution in [0.4, 0.5) is 0 Å². The van der Waals surface area contributed by atoms with E-state index in [4.69, 9.17) is 10.5 Å². The Balaban J connectivity index is 1.99. The summed E-state index contributed by atoms with van der Waals surface area (Å²) in [7, 11) is 0. The predicted octanol–water partition coefficient (Wildman–Crippen LogP) is 4.21. The Morgan fingerprint density at radius 3 is 2.19 bits per heavy atom. The number of hydrogen-bond donors (Lipinski definition) is 1. The molecule has 0 amide bonds. The summed E-state index contributed by atoms with van der Waals surface area (Å²) in [5.74, 6) is 0.867. The van der Waals surface area contributed by atoms with Crippen molar-refractivity contribution in [3.05, 3.63) is 45.9 Å². The minimum atomic E-state index is -0.343. The van der Waals surface area contributed by atoms with Crippen molar-refractivity contribution in [1.29, 1.82) is 0 Å². The van der Waals surface area contributed by atoms with E-state index in [2.05, 4.69) is 37.9 Å². The second-order valence-electron chi connectivity index (χ2n) is 6.90. The zero-order valence-corrected chi connectivity index (χ0v) is 14.3. The van der Waals surface area contributed by atoms with Gasteiger partial charge in [-0.1, -0.05) is 32.9 Å². The zero-order valence-electron chi connectivity index (χ0n) is 13.4. The van der Waals surface area contributed by atoms with Crippen molar-refractivity contribution < 1.29 is 4.74 Å². The van der Waals surface area contributed by atoms with Gasteiger partial charge in [0.25, 0.3) is 0 Å². The molecular formula is C17H24N2OS. The number of hydrogen-bond acceptors (Lipinski definition) is 4. The first-order valence-corrected chi connectivity index (χ1v) is 7.95. The molecule has 2 rings (SSSR count). The van der Waals surface area contributed by atoms with Crippen LogP contribution in [0.15, 0.2) is 30.5 Å². The second kappa shape index (κ2) is 5.78. The van der Waals surface area contributed by atoms with Crippen LogP contribution in [0.25, 0.3) is 0 Å². The third-order valence-corrected chi connectivity index (χ3v) is 4.58. The molecule has 2 N–H and O–H groups in total. The number of nitrogens with zero attached hydrogens (tertiary/aromatic N) is 1. The molecule has 0 saturated carbocycles. The smallest absolute Gasteiger partial charge is 0.140 e. The van der Waals surface area contributed by atoms with Crippen molar-refractivity contribution in [2.75, 3.05) is 0 Å². The Kier molecular flexibility index (Phi) is 4.40. The topological polar surface area (TPSA) is 48.1 Å². The fourth-order valence-electron chi connectivity index (χ4n) is 1.87. The van der Waals surface area contributed by atoms with Crippen molar-refractivity contribution in [2.24, 2.45) is 5.73 Å². The molecule has 1 heterocycles. The molecule has 0 radical (unpaired) electrons. The van der Waals surface area contributed by atoms with Gasteiger partial charge in [-0.3, -0.25) is 0 Å². The quantitative estimate of drug-likeness (QED) is 0.920. The molecule has 0 fully saturated rings. The maximum atomic E-state index is 6.06. The minimum Gasteiger partial charge on any atom is -0.486 e. The SMILES string of the molecule is CC(C)(C)c1ccc(OCc2ncc(C(C)(C)N)s2)cc1. The van der Waals surface area contributed by atoms with Gasteiger partial charge in [0, 0.05) is 16.6 Å². The number of ether oxygens (including phenoxy) is 1. The molecule has 0 unspecified atom stereocenters. The lowest BCUT2D eigenvalue weighted by molar-refractivity contribution is 0.305. The van der Waals surface area contributed by atoms with Gasteiger partial charge in [-0.25, -0.2) is 4.98 Å². The Labute approximate surface area is 131 Å². The highest BCUT2D eigenvalue weighted by molar-refractivity contribution is 7.11. The molecular weight excluding hydrogens is 280 g/mol. The largest absolute Gasteiger partial charge is 0.486 e. The molecule has 0 aliphatic rings. The summed E-state index contributed by atoms with van der Waals surface area (Å²) in [6.07, 6.45) is 1.84. The highest BCUT2D eigenvalue weighted by Crippen LogP contribution is 2.26. The minimum absolute atomic E-state index is 0.162. The van der Waals surface area contributed by atoms with Crippen LogP contribution in [0.2, 0.25) is 0 Å². The lowest BCUT2D eigenvalue weighted by atomic mass is 9.87. The number of thiazole rings is 1. The second-order valence-corrected chi connectivity index (χ2v) is 8.02. The first-order chi connectivity index (χ1) is 9.66. The Morgan fingerprint density at radius 2 is 1.71 bits per heavy atom. The molecule has 4 heteroatoms. The van der Waals surface area contributed by atoms with E-state index in [9.17, 15) is 0 Å². The molecule has 0 aliphatic carbocycles. The predicted molar refractivity (Wildman–Crippen MR) is 88.8 cm³/mol. The summed E-state index contributed by atoms with van der Waals surface area (Å²) in [4.78, 5) is 5.44. The highest BCUT2D eigenvalue weighted by Gasteiger charge is 2.18. The van der Waals surface area contributed by atoms with Crippen LogP contribution < -0.4 is 10.5 Å². The summed E-state index contributed by atoms with van der Waals surface area (Å²) in [5, 5.41) is 0.948. The van der Waals surface area contributed by atoms with Crippen LogP contribution in [0.3, 0.4) is 0 Å². The number of aromatic nitrogens is 1. The Bertz CT molecular complexity index is 588. The van der Waals surface area contributed by atoms with Gasteiger partial charge >= 0.3 is 0 Å². The normalized spacial score (nSPS) is 12.5. The Hall–Kier alpha value is -1.39.